The lowest BCUT2D eigenvalue weighted by Gasteiger charge is -2.10. The lowest BCUT2D eigenvalue weighted by Crippen LogP contribution is -2.37. The standard InChI is InChI=1S/C17H10F3N5O3S2/c18-17(19,20)24-30(27,28)12-5-3-11(4-6-12)25-9-22-14-13(16(25)26)29-15(23-14)10-2-1-7-21-8-10/h1-9,24H. The molecule has 3 heterocycles. The molecule has 4 rings (SSSR count). The summed E-state index contributed by atoms with van der Waals surface area (Å²) in [5.74, 6) is 0. The molecule has 1 aromatic carbocycles. The third-order valence-electron chi connectivity index (χ3n) is 3.90. The molecule has 0 fully saturated rings. The van der Waals surface area contributed by atoms with Crippen molar-refractivity contribution in [3.05, 3.63) is 65.5 Å². The third kappa shape index (κ3) is 3.94. The van der Waals surface area contributed by atoms with Crippen LogP contribution in [0.25, 0.3) is 26.6 Å². The number of rotatable bonds is 4. The Morgan fingerprint density at radius 2 is 1.83 bits per heavy atom. The summed E-state index contributed by atoms with van der Waals surface area (Å²) in [5.41, 5.74) is 0.750. The number of pyridine rings is 1. The van der Waals surface area contributed by atoms with E-state index >= 15 is 0 Å². The second-order valence-corrected chi connectivity index (χ2v) is 8.61. The van der Waals surface area contributed by atoms with Crippen LogP contribution in [-0.2, 0) is 10.0 Å². The van der Waals surface area contributed by atoms with Crippen molar-refractivity contribution in [2.45, 2.75) is 11.2 Å². The van der Waals surface area contributed by atoms with Crippen molar-refractivity contribution < 1.29 is 21.6 Å². The highest BCUT2D eigenvalue weighted by molar-refractivity contribution is 7.89. The second kappa shape index (κ2) is 7.27. The maximum Gasteiger partial charge on any atom is 0.470 e. The summed E-state index contributed by atoms with van der Waals surface area (Å²) in [6.45, 7) is 0. The number of nitrogens with one attached hydrogen (secondary N) is 1. The Labute approximate surface area is 170 Å². The number of halogens is 3. The van der Waals surface area contributed by atoms with Crippen LogP contribution in [0.3, 0.4) is 0 Å². The zero-order valence-corrected chi connectivity index (χ0v) is 16.3. The van der Waals surface area contributed by atoms with E-state index in [1.54, 1.807) is 24.5 Å². The average molecular weight is 453 g/mol. The molecule has 4 aromatic rings. The minimum Gasteiger partial charge on any atom is -0.267 e. The SMILES string of the molecule is O=c1c2sc(-c3cccnc3)nc2ncn1-c1ccc(S(=O)(=O)NC(F)(F)F)cc1. The van der Waals surface area contributed by atoms with Gasteiger partial charge in [-0.3, -0.25) is 14.3 Å². The highest BCUT2D eigenvalue weighted by atomic mass is 32.2. The van der Waals surface area contributed by atoms with Gasteiger partial charge in [-0.05, 0) is 36.4 Å². The van der Waals surface area contributed by atoms with Crippen LogP contribution in [0.1, 0.15) is 0 Å². The Balaban J connectivity index is 1.72. The number of hydrogen-bond donors (Lipinski definition) is 1. The van der Waals surface area contributed by atoms with Crippen LogP contribution in [0.5, 0.6) is 0 Å². The summed E-state index contributed by atoms with van der Waals surface area (Å²) in [6, 6.07) is 7.88. The normalized spacial score (nSPS) is 12.4. The van der Waals surface area contributed by atoms with Gasteiger partial charge < -0.3 is 0 Å². The van der Waals surface area contributed by atoms with Crippen molar-refractivity contribution in [2.24, 2.45) is 0 Å². The summed E-state index contributed by atoms with van der Waals surface area (Å²) < 4.78 is 62.6. The van der Waals surface area contributed by atoms with Crippen LogP contribution in [0.15, 0.2) is 64.8 Å². The van der Waals surface area contributed by atoms with Crippen molar-refractivity contribution in [1.82, 2.24) is 24.2 Å². The van der Waals surface area contributed by atoms with Gasteiger partial charge in [0.2, 0.25) is 10.0 Å². The zero-order chi connectivity index (χ0) is 21.5. The largest absolute Gasteiger partial charge is 0.470 e. The number of benzene rings is 1. The van der Waals surface area contributed by atoms with E-state index in [-0.39, 0.29) is 16.0 Å². The molecule has 3 aromatic heterocycles. The quantitative estimate of drug-likeness (QED) is 0.476. The van der Waals surface area contributed by atoms with Gasteiger partial charge in [-0.25, -0.2) is 18.4 Å². The fourth-order valence-corrected chi connectivity index (χ4v) is 4.46. The number of fused-ring (bicyclic) bond motifs is 1. The van der Waals surface area contributed by atoms with Gasteiger partial charge in [0.15, 0.2) is 5.65 Å². The Morgan fingerprint density at radius 3 is 2.47 bits per heavy atom. The number of alkyl halides is 3. The molecule has 0 atom stereocenters. The summed E-state index contributed by atoms with van der Waals surface area (Å²) in [7, 11) is -4.78. The Hall–Kier alpha value is -3.16. The molecular formula is C17H10F3N5O3S2. The molecule has 0 saturated heterocycles. The average Bonchev–Trinajstić information content (AvgIpc) is 3.13. The Bertz CT molecular complexity index is 1380. The predicted octanol–water partition coefficient (Wildman–Crippen LogP) is 2.70. The molecule has 13 heteroatoms. The van der Waals surface area contributed by atoms with Crippen LogP contribution in [-0.4, -0.2) is 34.2 Å². The number of nitrogens with zero attached hydrogens (tertiary/aromatic N) is 4. The van der Waals surface area contributed by atoms with Crippen molar-refractivity contribution in [3.63, 3.8) is 0 Å². The van der Waals surface area contributed by atoms with Gasteiger partial charge in [0.25, 0.3) is 5.56 Å². The van der Waals surface area contributed by atoms with Crippen LogP contribution in [0.2, 0.25) is 0 Å². The fraction of sp³-hybridized carbons (Fsp3) is 0.0588. The maximum atomic E-state index is 12.8. The molecule has 0 bridgehead atoms. The molecule has 0 aliphatic rings. The minimum atomic E-state index is -5.10. The molecule has 0 aliphatic carbocycles. The van der Waals surface area contributed by atoms with Crippen molar-refractivity contribution in [1.29, 1.82) is 0 Å². The van der Waals surface area contributed by atoms with Gasteiger partial charge in [0, 0.05) is 18.0 Å². The van der Waals surface area contributed by atoms with Crippen LogP contribution in [0.4, 0.5) is 13.2 Å². The van der Waals surface area contributed by atoms with Gasteiger partial charge in [-0.1, -0.05) is 0 Å². The minimum absolute atomic E-state index is 0.233. The zero-order valence-electron chi connectivity index (χ0n) is 14.7. The maximum absolute atomic E-state index is 12.8. The molecule has 1 N–H and O–H groups in total. The van der Waals surface area contributed by atoms with Crippen LogP contribution < -0.4 is 10.3 Å². The molecule has 8 nitrogen and oxygen atoms in total. The van der Waals surface area contributed by atoms with Gasteiger partial charge in [-0.15, -0.1) is 16.1 Å². The molecule has 0 radical (unpaired) electrons. The number of aromatic nitrogens is 4. The predicted molar refractivity (Wildman–Crippen MR) is 103 cm³/mol. The lowest BCUT2D eigenvalue weighted by atomic mass is 10.3. The fourth-order valence-electron chi connectivity index (χ4n) is 2.61. The Kier molecular flexibility index (Phi) is 4.88. The first-order chi connectivity index (χ1) is 14.1. The summed E-state index contributed by atoms with van der Waals surface area (Å²) in [4.78, 5) is 24.7. The topological polar surface area (TPSA) is 107 Å². The van der Waals surface area contributed by atoms with E-state index < -0.39 is 26.8 Å². The Morgan fingerprint density at radius 1 is 1.10 bits per heavy atom. The lowest BCUT2D eigenvalue weighted by molar-refractivity contribution is -0.138. The first-order valence-corrected chi connectivity index (χ1v) is 10.4. The monoisotopic (exact) mass is 453 g/mol. The molecule has 30 heavy (non-hydrogen) atoms. The molecule has 0 amide bonds. The number of hydrogen-bond acceptors (Lipinski definition) is 7. The van der Waals surface area contributed by atoms with E-state index in [0.29, 0.717) is 9.73 Å². The molecule has 0 spiro atoms. The highest BCUT2D eigenvalue weighted by Gasteiger charge is 2.34. The summed E-state index contributed by atoms with van der Waals surface area (Å²) >= 11 is 1.12. The van der Waals surface area contributed by atoms with Crippen molar-refractivity contribution in [3.8, 4) is 16.3 Å². The van der Waals surface area contributed by atoms with E-state index in [9.17, 15) is 26.4 Å². The van der Waals surface area contributed by atoms with E-state index in [1.165, 1.54) is 18.5 Å². The first kappa shape index (κ1) is 20.1. The molecule has 0 unspecified atom stereocenters. The van der Waals surface area contributed by atoms with Gasteiger partial charge >= 0.3 is 6.30 Å². The van der Waals surface area contributed by atoms with Crippen molar-refractivity contribution in [2.75, 3.05) is 0 Å². The third-order valence-corrected chi connectivity index (χ3v) is 6.38. The highest BCUT2D eigenvalue weighted by Crippen LogP contribution is 2.27. The molecular weight excluding hydrogens is 443 g/mol. The summed E-state index contributed by atoms with van der Waals surface area (Å²) in [5, 5.41) is 0.556. The number of sulfonamides is 1. The van der Waals surface area contributed by atoms with Gasteiger partial charge in [0.1, 0.15) is 16.0 Å². The molecule has 0 saturated carbocycles. The smallest absolute Gasteiger partial charge is 0.267 e. The molecule has 154 valence electrons. The first-order valence-electron chi connectivity index (χ1n) is 8.14. The van der Waals surface area contributed by atoms with Gasteiger partial charge in [0.05, 0.1) is 10.6 Å². The van der Waals surface area contributed by atoms with E-state index in [4.69, 9.17) is 0 Å². The van der Waals surface area contributed by atoms with Crippen LogP contribution in [0, 0.1) is 0 Å². The van der Waals surface area contributed by atoms with E-state index in [1.807, 2.05) is 0 Å². The summed E-state index contributed by atoms with van der Waals surface area (Å²) in [6.07, 6.45) is -0.670. The van der Waals surface area contributed by atoms with E-state index in [2.05, 4.69) is 15.0 Å². The van der Waals surface area contributed by atoms with E-state index in [0.717, 1.165) is 33.6 Å². The van der Waals surface area contributed by atoms with Crippen LogP contribution >= 0.6 is 11.3 Å². The van der Waals surface area contributed by atoms with Crippen molar-refractivity contribution >= 4 is 31.7 Å². The van der Waals surface area contributed by atoms with Gasteiger partial charge in [-0.2, -0.15) is 13.2 Å². The second-order valence-electron chi connectivity index (χ2n) is 5.93. The number of thiazole rings is 1. The molecule has 0 aliphatic heterocycles.